The van der Waals surface area contributed by atoms with E-state index in [0.29, 0.717) is 34.2 Å². The zero-order valence-electron chi connectivity index (χ0n) is 19.7. The zero-order chi connectivity index (χ0) is 25.0. The third-order valence-corrected chi connectivity index (χ3v) is 8.04. The molecule has 3 aromatic carbocycles. The largest absolute Gasteiger partial charge is 0.354 e. The van der Waals surface area contributed by atoms with Gasteiger partial charge >= 0.3 is 0 Å². The van der Waals surface area contributed by atoms with Crippen LogP contribution in [0.3, 0.4) is 0 Å². The first kappa shape index (κ1) is 25.0. The Morgan fingerprint density at radius 2 is 1.66 bits per heavy atom. The van der Waals surface area contributed by atoms with Gasteiger partial charge < -0.3 is 15.5 Å². The van der Waals surface area contributed by atoms with Crippen molar-refractivity contribution in [2.75, 3.05) is 36.0 Å². The van der Waals surface area contributed by atoms with Gasteiger partial charge in [0.2, 0.25) is 0 Å². The fraction of sp³-hybridized carbons (Fsp3) is 0.222. The second-order valence-electron chi connectivity index (χ2n) is 8.26. The fourth-order valence-corrected chi connectivity index (χ4v) is 5.53. The molecule has 1 heterocycles. The maximum atomic E-state index is 13.0. The fourth-order valence-electron chi connectivity index (χ4n) is 4.07. The molecule has 0 saturated heterocycles. The molecule has 2 N–H and O–H groups in total. The van der Waals surface area contributed by atoms with Crippen LogP contribution in [0.15, 0.2) is 77.7 Å². The van der Waals surface area contributed by atoms with E-state index in [4.69, 9.17) is 11.6 Å². The summed E-state index contributed by atoms with van der Waals surface area (Å²) in [6, 6.07) is 21.5. The lowest BCUT2D eigenvalue weighted by Gasteiger charge is -2.18. The molecule has 0 radical (unpaired) electrons. The average Bonchev–Trinajstić information content (AvgIpc) is 3.18. The first-order chi connectivity index (χ1) is 16.8. The summed E-state index contributed by atoms with van der Waals surface area (Å²) in [7, 11) is -3.40. The summed E-state index contributed by atoms with van der Waals surface area (Å²) in [5.41, 5.74) is 4.04. The molecule has 4 rings (SSSR count). The average molecular weight is 510 g/mol. The van der Waals surface area contributed by atoms with E-state index in [1.807, 2.05) is 50.2 Å². The van der Waals surface area contributed by atoms with Crippen molar-refractivity contribution >= 4 is 50.0 Å². The van der Waals surface area contributed by atoms with Crippen LogP contribution in [0.5, 0.6) is 0 Å². The molecule has 182 valence electrons. The van der Waals surface area contributed by atoms with Gasteiger partial charge in [-0.3, -0.25) is 4.79 Å². The number of hydrogen-bond donors (Lipinski definition) is 2. The number of halogens is 1. The predicted octanol–water partition coefficient (Wildman–Crippen LogP) is 5.39. The number of nitrogens with one attached hydrogen (secondary N) is 2. The van der Waals surface area contributed by atoms with Gasteiger partial charge in [-0.05, 0) is 55.1 Å². The molecule has 35 heavy (non-hydrogen) atoms. The number of rotatable bonds is 9. The van der Waals surface area contributed by atoms with Crippen molar-refractivity contribution in [2.45, 2.75) is 18.7 Å². The van der Waals surface area contributed by atoms with Gasteiger partial charge in [0.15, 0.2) is 9.84 Å². The van der Waals surface area contributed by atoms with Crippen LogP contribution in [0.2, 0.25) is 5.02 Å². The topological polar surface area (TPSA) is 78.5 Å². The van der Waals surface area contributed by atoms with Crippen molar-refractivity contribution in [1.29, 1.82) is 0 Å². The number of sulfone groups is 1. The van der Waals surface area contributed by atoms with E-state index >= 15 is 0 Å². The summed E-state index contributed by atoms with van der Waals surface area (Å²) >= 11 is 6.12. The smallest absolute Gasteiger partial charge is 0.258 e. The lowest BCUT2D eigenvalue weighted by Crippen LogP contribution is -2.29. The van der Waals surface area contributed by atoms with Gasteiger partial charge in [-0.2, -0.15) is 0 Å². The minimum atomic E-state index is -3.40. The van der Waals surface area contributed by atoms with E-state index in [1.165, 1.54) is 0 Å². The van der Waals surface area contributed by atoms with E-state index in [0.717, 1.165) is 24.2 Å². The Morgan fingerprint density at radius 3 is 2.31 bits per heavy atom. The van der Waals surface area contributed by atoms with Gasteiger partial charge in [0.25, 0.3) is 5.91 Å². The first-order valence-electron chi connectivity index (χ1n) is 11.6. The second kappa shape index (κ2) is 10.6. The molecule has 0 saturated carbocycles. The van der Waals surface area contributed by atoms with Gasteiger partial charge in [-0.25, -0.2) is 8.42 Å². The van der Waals surface area contributed by atoms with Gasteiger partial charge in [-0.15, -0.1) is 0 Å². The highest BCUT2D eigenvalue weighted by molar-refractivity contribution is 7.91. The van der Waals surface area contributed by atoms with Crippen molar-refractivity contribution in [3.05, 3.63) is 88.9 Å². The monoisotopic (exact) mass is 509 g/mol. The van der Waals surface area contributed by atoms with Crippen LogP contribution in [0, 0.1) is 0 Å². The van der Waals surface area contributed by atoms with Crippen molar-refractivity contribution < 1.29 is 13.2 Å². The van der Waals surface area contributed by atoms with E-state index in [2.05, 4.69) is 15.5 Å². The number of hydrogen-bond acceptors (Lipinski definition) is 5. The number of carbonyl (C=O) groups excluding carboxylic acids is 1. The molecule has 0 aromatic heterocycles. The van der Waals surface area contributed by atoms with Crippen molar-refractivity contribution in [3.63, 3.8) is 0 Å². The summed E-state index contributed by atoms with van der Waals surface area (Å²) < 4.78 is 25.6. The third-order valence-electron chi connectivity index (χ3n) is 6.09. The normalized spacial score (nSPS) is 14.6. The van der Waals surface area contributed by atoms with Crippen LogP contribution in [-0.4, -0.2) is 44.6 Å². The van der Waals surface area contributed by atoms with E-state index in [-0.39, 0.29) is 16.6 Å². The van der Waals surface area contributed by atoms with Gasteiger partial charge in [0.1, 0.15) is 0 Å². The molecule has 1 aliphatic heterocycles. The maximum absolute atomic E-state index is 13.0. The molecule has 6 nitrogen and oxygen atoms in total. The standard InChI is InChI=1S/C27H28ClN3O3S/c1-3-31(4-2)16-17-35(33,34)22-13-11-21(12-14-22)29-26(19-8-6-5-7-9-19)25-23-15-10-20(28)18-24(23)30-27(25)32/h5-15,18,29H,3-4,16-17H2,1-2H3,(H,30,32). The highest BCUT2D eigenvalue weighted by Crippen LogP contribution is 2.38. The molecule has 1 aliphatic rings. The Hall–Kier alpha value is -3.13. The summed E-state index contributed by atoms with van der Waals surface area (Å²) in [4.78, 5) is 15.3. The first-order valence-corrected chi connectivity index (χ1v) is 13.6. The Kier molecular flexibility index (Phi) is 7.60. The molecule has 1 amide bonds. The van der Waals surface area contributed by atoms with Crippen LogP contribution < -0.4 is 10.6 Å². The predicted molar refractivity (Wildman–Crippen MR) is 143 cm³/mol. The Labute approximate surface area is 211 Å². The maximum Gasteiger partial charge on any atom is 0.258 e. The molecule has 8 heteroatoms. The number of benzene rings is 3. The molecule has 0 spiro atoms. The van der Waals surface area contributed by atoms with Crippen LogP contribution in [-0.2, 0) is 14.6 Å². The Bertz CT molecular complexity index is 1350. The lowest BCUT2D eigenvalue weighted by molar-refractivity contribution is -0.110. The number of nitrogens with zero attached hydrogens (tertiary/aromatic N) is 1. The lowest BCUT2D eigenvalue weighted by atomic mass is 10.00. The summed E-state index contributed by atoms with van der Waals surface area (Å²) in [5, 5.41) is 6.77. The minimum Gasteiger partial charge on any atom is -0.354 e. The Morgan fingerprint density at radius 1 is 0.971 bits per heavy atom. The zero-order valence-corrected chi connectivity index (χ0v) is 21.3. The van der Waals surface area contributed by atoms with E-state index in [1.54, 1.807) is 36.4 Å². The summed E-state index contributed by atoms with van der Waals surface area (Å²) in [5.74, 6) is -0.162. The highest BCUT2D eigenvalue weighted by atomic mass is 35.5. The van der Waals surface area contributed by atoms with E-state index in [9.17, 15) is 13.2 Å². The molecular weight excluding hydrogens is 482 g/mol. The number of anilines is 2. The molecule has 0 unspecified atom stereocenters. The molecule has 0 bridgehead atoms. The summed E-state index contributed by atoms with van der Waals surface area (Å²) in [6.07, 6.45) is 0. The van der Waals surface area contributed by atoms with Crippen LogP contribution in [0.4, 0.5) is 11.4 Å². The van der Waals surface area contributed by atoms with E-state index < -0.39 is 9.84 Å². The van der Waals surface area contributed by atoms with Gasteiger partial charge in [-0.1, -0.05) is 61.8 Å². The SMILES string of the molecule is CCN(CC)CCS(=O)(=O)c1ccc(NC(=C2C(=O)Nc3cc(Cl)ccc32)c2ccccc2)cc1. The van der Waals surface area contributed by atoms with Gasteiger partial charge in [0, 0.05) is 22.8 Å². The van der Waals surface area contributed by atoms with Crippen molar-refractivity contribution in [3.8, 4) is 0 Å². The molecule has 0 atom stereocenters. The Balaban J connectivity index is 1.66. The van der Waals surface area contributed by atoms with Crippen LogP contribution in [0.1, 0.15) is 25.0 Å². The molecule has 0 aliphatic carbocycles. The second-order valence-corrected chi connectivity index (χ2v) is 10.8. The minimum absolute atomic E-state index is 0.0697. The number of carbonyl (C=O) groups is 1. The highest BCUT2D eigenvalue weighted by Gasteiger charge is 2.28. The van der Waals surface area contributed by atoms with Gasteiger partial charge in [0.05, 0.1) is 27.6 Å². The number of amides is 1. The van der Waals surface area contributed by atoms with Crippen LogP contribution in [0.25, 0.3) is 11.3 Å². The number of fused-ring (bicyclic) bond motifs is 1. The van der Waals surface area contributed by atoms with Crippen molar-refractivity contribution in [2.24, 2.45) is 0 Å². The molecular formula is C27H28ClN3O3S. The summed E-state index contributed by atoms with van der Waals surface area (Å²) in [6.45, 7) is 6.17. The van der Waals surface area contributed by atoms with Crippen LogP contribution >= 0.6 is 11.6 Å². The molecule has 0 fully saturated rings. The quantitative estimate of drug-likeness (QED) is 0.378. The third kappa shape index (κ3) is 5.59. The van der Waals surface area contributed by atoms with Crippen molar-refractivity contribution in [1.82, 2.24) is 4.90 Å². The molecule has 3 aromatic rings.